The van der Waals surface area contributed by atoms with Crippen LogP contribution in [0.25, 0.3) is 17.1 Å². The highest BCUT2D eigenvalue weighted by Crippen LogP contribution is 2.26. The van der Waals surface area contributed by atoms with E-state index in [-0.39, 0.29) is 0 Å². The number of hydrogen-bond donors (Lipinski definition) is 0. The summed E-state index contributed by atoms with van der Waals surface area (Å²) in [5, 5.41) is 5.10. The molecule has 0 saturated heterocycles. The standard InChI is InChI=1S/C16H13ClN2O2/c1-10-3-5-13(7-14(10)17)19-8-12(9-20)16(18-19)15-6-4-11(2)21-15/h3-9H,1-2H3. The molecule has 1 aromatic carbocycles. The van der Waals surface area contributed by atoms with Gasteiger partial charge in [0.2, 0.25) is 0 Å². The van der Waals surface area contributed by atoms with Crippen molar-refractivity contribution in [2.45, 2.75) is 13.8 Å². The quantitative estimate of drug-likeness (QED) is 0.681. The Bertz CT molecular complexity index is 818. The maximum atomic E-state index is 11.3. The van der Waals surface area contributed by atoms with Gasteiger partial charge in [0, 0.05) is 11.2 Å². The zero-order valence-corrected chi connectivity index (χ0v) is 12.4. The van der Waals surface area contributed by atoms with Crippen LogP contribution in [0.3, 0.4) is 0 Å². The third kappa shape index (κ3) is 2.50. The Kier molecular flexibility index (Phi) is 3.39. The van der Waals surface area contributed by atoms with E-state index in [1.165, 1.54) is 0 Å². The normalized spacial score (nSPS) is 10.8. The summed E-state index contributed by atoms with van der Waals surface area (Å²) in [6.45, 7) is 3.78. The number of aromatic nitrogens is 2. The molecule has 0 aliphatic heterocycles. The summed E-state index contributed by atoms with van der Waals surface area (Å²) in [5.41, 5.74) is 2.78. The molecule has 0 unspecified atom stereocenters. The van der Waals surface area contributed by atoms with E-state index in [1.54, 1.807) is 16.9 Å². The Morgan fingerprint density at radius 3 is 2.67 bits per heavy atom. The van der Waals surface area contributed by atoms with Gasteiger partial charge in [-0.3, -0.25) is 4.79 Å². The first-order chi connectivity index (χ1) is 10.1. The Labute approximate surface area is 127 Å². The van der Waals surface area contributed by atoms with Crippen molar-refractivity contribution in [3.63, 3.8) is 0 Å². The van der Waals surface area contributed by atoms with Gasteiger partial charge in [-0.15, -0.1) is 0 Å². The molecule has 2 aromatic heterocycles. The average molecular weight is 301 g/mol. The molecule has 0 aliphatic carbocycles. The monoisotopic (exact) mass is 300 g/mol. The number of hydrogen-bond acceptors (Lipinski definition) is 3. The summed E-state index contributed by atoms with van der Waals surface area (Å²) in [6.07, 6.45) is 2.44. The second-order valence-electron chi connectivity index (χ2n) is 4.84. The van der Waals surface area contributed by atoms with Crippen LogP contribution in [-0.2, 0) is 0 Å². The fourth-order valence-corrected chi connectivity index (χ4v) is 2.26. The summed E-state index contributed by atoms with van der Waals surface area (Å²) < 4.78 is 7.17. The smallest absolute Gasteiger partial charge is 0.155 e. The molecule has 0 amide bonds. The Morgan fingerprint density at radius 1 is 1.24 bits per heavy atom. The van der Waals surface area contributed by atoms with E-state index in [2.05, 4.69) is 5.10 Å². The largest absolute Gasteiger partial charge is 0.460 e. The van der Waals surface area contributed by atoms with Gasteiger partial charge < -0.3 is 4.42 Å². The van der Waals surface area contributed by atoms with Crippen LogP contribution in [0.4, 0.5) is 0 Å². The van der Waals surface area contributed by atoms with Crippen LogP contribution < -0.4 is 0 Å². The lowest BCUT2D eigenvalue weighted by atomic mass is 10.2. The number of rotatable bonds is 3. The van der Waals surface area contributed by atoms with E-state index < -0.39 is 0 Å². The Balaban J connectivity index is 2.10. The lowest BCUT2D eigenvalue weighted by Gasteiger charge is -2.03. The van der Waals surface area contributed by atoms with Crippen LogP contribution >= 0.6 is 11.6 Å². The molecule has 0 bridgehead atoms. The van der Waals surface area contributed by atoms with Gasteiger partial charge >= 0.3 is 0 Å². The summed E-state index contributed by atoms with van der Waals surface area (Å²) >= 11 is 6.14. The molecule has 21 heavy (non-hydrogen) atoms. The van der Waals surface area contributed by atoms with Crippen molar-refractivity contribution in [2.24, 2.45) is 0 Å². The number of nitrogens with zero attached hydrogens (tertiary/aromatic N) is 2. The molecular formula is C16H13ClN2O2. The number of halogens is 1. The molecule has 0 aliphatic rings. The van der Waals surface area contributed by atoms with Gasteiger partial charge in [0.25, 0.3) is 0 Å². The van der Waals surface area contributed by atoms with E-state index in [9.17, 15) is 4.79 Å². The number of aryl methyl sites for hydroxylation is 2. The molecule has 0 spiro atoms. The fourth-order valence-electron chi connectivity index (χ4n) is 2.08. The van der Waals surface area contributed by atoms with E-state index in [1.807, 2.05) is 38.1 Å². The molecule has 3 aromatic rings. The van der Waals surface area contributed by atoms with Gasteiger partial charge in [-0.1, -0.05) is 17.7 Å². The highest BCUT2D eigenvalue weighted by atomic mass is 35.5. The van der Waals surface area contributed by atoms with Gasteiger partial charge in [0.1, 0.15) is 11.5 Å². The molecule has 5 heteroatoms. The van der Waals surface area contributed by atoms with Crippen LogP contribution in [0, 0.1) is 13.8 Å². The first kappa shape index (κ1) is 13.6. The summed E-state index contributed by atoms with van der Waals surface area (Å²) in [4.78, 5) is 11.3. The van der Waals surface area contributed by atoms with Gasteiger partial charge in [0.05, 0.1) is 11.3 Å². The second kappa shape index (κ2) is 5.22. The van der Waals surface area contributed by atoms with Crippen LogP contribution in [0.1, 0.15) is 21.7 Å². The van der Waals surface area contributed by atoms with Crippen molar-refractivity contribution in [3.8, 4) is 17.1 Å². The lowest BCUT2D eigenvalue weighted by Crippen LogP contribution is -1.95. The van der Waals surface area contributed by atoms with Gasteiger partial charge in [-0.05, 0) is 43.7 Å². The van der Waals surface area contributed by atoms with Crippen molar-refractivity contribution in [2.75, 3.05) is 0 Å². The fraction of sp³-hybridized carbons (Fsp3) is 0.125. The minimum absolute atomic E-state index is 0.473. The molecule has 106 valence electrons. The number of aldehydes is 1. The molecule has 0 atom stereocenters. The van der Waals surface area contributed by atoms with Crippen molar-refractivity contribution in [3.05, 3.63) is 58.4 Å². The van der Waals surface area contributed by atoms with E-state index >= 15 is 0 Å². The predicted molar refractivity (Wildman–Crippen MR) is 81.1 cm³/mol. The first-order valence-electron chi connectivity index (χ1n) is 6.46. The van der Waals surface area contributed by atoms with Gasteiger partial charge in [0.15, 0.2) is 12.0 Å². The molecule has 0 N–H and O–H groups in total. The Hall–Kier alpha value is -2.33. The minimum atomic E-state index is 0.473. The molecule has 0 fully saturated rings. The van der Waals surface area contributed by atoms with Gasteiger partial charge in [-0.2, -0.15) is 5.10 Å². The zero-order chi connectivity index (χ0) is 15.0. The van der Waals surface area contributed by atoms with E-state index in [4.69, 9.17) is 16.0 Å². The van der Waals surface area contributed by atoms with Crippen LogP contribution in [0.2, 0.25) is 5.02 Å². The maximum absolute atomic E-state index is 11.3. The summed E-state index contributed by atoms with van der Waals surface area (Å²) in [7, 11) is 0. The van der Waals surface area contributed by atoms with Crippen LogP contribution in [0.15, 0.2) is 40.9 Å². The molecular weight excluding hydrogens is 288 g/mol. The minimum Gasteiger partial charge on any atom is -0.460 e. The van der Waals surface area contributed by atoms with Crippen molar-refractivity contribution in [1.29, 1.82) is 0 Å². The van der Waals surface area contributed by atoms with Gasteiger partial charge in [-0.25, -0.2) is 4.68 Å². The predicted octanol–water partition coefficient (Wildman–Crippen LogP) is 4.22. The lowest BCUT2D eigenvalue weighted by molar-refractivity contribution is 0.112. The number of benzene rings is 1. The molecule has 0 saturated carbocycles. The highest BCUT2D eigenvalue weighted by Gasteiger charge is 2.15. The molecule has 3 rings (SSSR count). The van der Waals surface area contributed by atoms with Crippen molar-refractivity contribution < 1.29 is 9.21 Å². The van der Waals surface area contributed by atoms with Crippen molar-refractivity contribution in [1.82, 2.24) is 9.78 Å². The van der Waals surface area contributed by atoms with E-state index in [0.717, 1.165) is 23.3 Å². The van der Waals surface area contributed by atoms with Crippen LogP contribution in [-0.4, -0.2) is 16.1 Å². The molecule has 4 nitrogen and oxygen atoms in total. The summed E-state index contributed by atoms with van der Waals surface area (Å²) in [6, 6.07) is 9.27. The molecule has 2 heterocycles. The third-order valence-electron chi connectivity index (χ3n) is 3.26. The van der Waals surface area contributed by atoms with Crippen LogP contribution in [0.5, 0.6) is 0 Å². The number of carbonyl (C=O) groups excluding carboxylic acids is 1. The maximum Gasteiger partial charge on any atom is 0.155 e. The van der Waals surface area contributed by atoms with Crippen molar-refractivity contribution >= 4 is 17.9 Å². The Morgan fingerprint density at radius 2 is 2.05 bits per heavy atom. The third-order valence-corrected chi connectivity index (χ3v) is 3.67. The molecule has 0 radical (unpaired) electrons. The topological polar surface area (TPSA) is 48.0 Å². The SMILES string of the molecule is Cc1ccc(-c2nn(-c3ccc(C)c(Cl)c3)cc2C=O)o1. The van der Waals surface area contributed by atoms with E-state index in [0.29, 0.717) is 22.0 Å². The highest BCUT2D eigenvalue weighted by molar-refractivity contribution is 6.31. The second-order valence-corrected chi connectivity index (χ2v) is 5.25. The number of carbonyl (C=O) groups is 1. The first-order valence-corrected chi connectivity index (χ1v) is 6.84. The summed E-state index contributed by atoms with van der Waals surface area (Å²) in [5.74, 6) is 1.35. The zero-order valence-electron chi connectivity index (χ0n) is 11.6. The average Bonchev–Trinajstić information content (AvgIpc) is 3.07. The number of furan rings is 1.